The molecule has 2 amide bonds. The number of carbonyl (C=O) groups excluding carboxylic acids is 1. The number of hydrogen-bond acceptors (Lipinski definition) is 2. The van der Waals surface area contributed by atoms with Gasteiger partial charge in [0, 0.05) is 25.2 Å². The second kappa shape index (κ2) is 5.71. The Morgan fingerprint density at radius 3 is 2.53 bits per heavy atom. The minimum absolute atomic E-state index is 0.0835. The van der Waals surface area contributed by atoms with E-state index < -0.39 is 0 Å². The summed E-state index contributed by atoms with van der Waals surface area (Å²) in [5, 5.41) is 3.02. The van der Waals surface area contributed by atoms with Gasteiger partial charge in [0.1, 0.15) is 0 Å². The molecule has 0 aromatic heterocycles. The summed E-state index contributed by atoms with van der Waals surface area (Å²) in [6.45, 7) is 5.79. The number of piperidine rings is 1. The van der Waals surface area contributed by atoms with Crippen LogP contribution < -0.4 is 5.32 Å². The average molecular weight is 240 g/mol. The molecule has 2 aliphatic heterocycles. The van der Waals surface area contributed by atoms with Gasteiger partial charge in [-0.1, -0.05) is 0 Å². The summed E-state index contributed by atoms with van der Waals surface area (Å²) in [5.41, 5.74) is 0. The summed E-state index contributed by atoms with van der Waals surface area (Å²) in [6, 6.07) is 0.812. The van der Waals surface area contributed by atoms with Crippen molar-refractivity contribution >= 4 is 6.03 Å². The molecule has 2 rings (SSSR count). The summed E-state index contributed by atoms with van der Waals surface area (Å²) in [4.78, 5) is 14.1. The topological polar surface area (TPSA) is 41.6 Å². The van der Waals surface area contributed by atoms with Gasteiger partial charge in [0.2, 0.25) is 0 Å². The quantitative estimate of drug-likeness (QED) is 0.803. The molecule has 0 radical (unpaired) electrons. The molecular formula is C13H24N2O2. The molecule has 3 unspecified atom stereocenters. The third-order valence-electron chi connectivity index (χ3n) is 3.93. The molecule has 2 saturated heterocycles. The lowest BCUT2D eigenvalue weighted by atomic mass is 9.98. The number of rotatable bonds is 2. The molecule has 2 fully saturated rings. The third kappa shape index (κ3) is 3.12. The van der Waals surface area contributed by atoms with Crippen molar-refractivity contribution in [2.24, 2.45) is 0 Å². The zero-order valence-electron chi connectivity index (χ0n) is 10.9. The Kier molecular flexibility index (Phi) is 4.26. The van der Waals surface area contributed by atoms with E-state index in [1.54, 1.807) is 0 Å². The summed E-state index contributed by atoms with van der Waals surface area (Å²) < 4.78 is 5.51. The van der Waals surface area contributed by atoms with Crippen molar-refractivity contribution in [1.29, 1.82) is 0 Å². The van der Waals surface area contributed by atoms with Gasteiger partial charge in [0.15, 0.2) is 0 Å². The van der Waals surface area contributed by atoms with Gasteiger partial charge in [0.25, 0.3) is 0 Å². The smallest absolute Gasteiger partial charge is 0.317 e. The monoisotopic (exact) mass is 240 g/mol. The van der Waals surface area contributed by atoms with Crippen LogP contribution in [0.3, 0.4) is 0 Å². The second-order valence-corrected chi connectivity index (χ2v) is 5.36. The Labute approximate surface area is 104 Å². The first kappa shape index (κ1) is 12.7. The fraction of sp³-hybridized carbons (Fsp3) is 0.923. The van der Waals surface area contributed by atoms with Crippen molar-refractivity contribution in [3.63, 3.8) is 0 Å². The molecule has 2 aliphatic rings. The zero-order valence-corrected chi connectivity index (χ0v) is 10.9. The molecule has 2 heterocycles. The molecule has 0 aromatic carbocycles. The maximum absolute atomic E-state index is 12.1. The Hall–Kier alpha value is -0.770. The van der Waals surface area contributed by atoms with Gasteiger partial charge in [0.05, 0.1) is 6.10 Å². The highest BCUT2D eigenvalue weighted by Crippen LogP contribution is 2.22. The predicted octanol–water partition coefficient (Wildman–Crippen LogP) is 2.14. The van der Waals surface area contributed by atoms with E-state index in [9.17, 15) is 4.79 Å². The largest absolute Gasteiger partial charge is 0.376 e. The first-order chi connectivity index (χ1) is 8.18. The normalized spacial score (nSPS) is 33.8. The van der Waals surface area contributed by atoms with Crippen LogP contribution in [0.25, 0.3) is 0 Å². The molecule has 4 nitrogen and oxygen atoms in total. The van der Waals surface area contributed by atoms with Crippen LogP contribution in [0.1, 0.15) is 46.0 Å². The predicted molar refractivity (Wildman–Crippen MR) is 67.0 cm³/mol. The van der Waals surface area contributed by atoms with E-state index in [1.807, 2.05) is 4.90 Å². The summed E-state index contributed by atoms with van der Waals surface area (Å²) in [7, 11) is 0. The van der Waals surface area contributed by atoms with Crippen molar-refractivity contribution < 1.29 is 9.53 Å². The minimum Gasteiger partial charge on any atom is -0.376 e. The molecule has 17 heavy (non-hydrogen) atoms. The SMILES string of the molecule is CC1CCCC(C)N1C(=O)NCC1CCCO1. The van der Waals surface area contributed by atoms with E-state index in [4.69, 9.17) is 4.74 Å². The molecule has 0 spiro atoms. The number of likely N-dealkylation sites (tertiary alicyclic amines) is 1. The van der Waals surface area contributed by atoms with Gasteiger partial charge in [-0.3, -0.25) is 0 Å². The van der Waals surface area contributed by atoms with Gasteiger partial charge in [-0.05, 0) is 46.0 Å². The van der Waals surface area contributed by atoms with E-state index in [0.29, 0.717) is 18.6 Å². The molecule has 98 valence electrons. The summed E-state index contributed by atoms with van der Waals surface area (Å²) in [5.74, 6) is 0. The summed E-state index contributed by atoms with van der Waals surface area (Å²) >= 11 is 0. The van der Waals surface area contributed by atoms with Crippen LogP contribution in [0.15, 0.2) is 0 Å². The highest BCUT2D eigenvalue weighted by molar-refractivity contribution is 5.75. The van der Waals surface area contributed by atoms with E-state index in [2.05, 4.69) is 19.2 Å². The third-order valence-corrected chi connectivity index (χ3v) is 3.93. The molecular weight excluding hydrogens is 216 g/mol. The highest BCUT2D eigenvalue weighted by Gasteiger charge is 2.29. The van der Waals surface area contributed by atoms with Crippen LogP contribution in [0, 0.1) is 0 Å². The van der Waals surface area contributed by atoms with Gasteiger partial charge in [-0.15, -0.1) is 0 Å². The lowest BCUT2D eigenvalue weighted by Crippen LogP contribution is -2.52. The maximum Gasteiger partial charge on any atom is 0.317 e. The summed E-state index contributed by atoms with van der Waals surface area (Å²) in [6.07, 6.45) is 5.91. The molecule has 0 aliphatic carbocycles. The Balaban J connectivity index is 1.80. The van der Waals surface area contributed by atoms with Crippen LogP contribution in [0.5, 0.6) is 0 Å². The van der Waals surface area contributed by atoms with Crippen molar-refractivity contribution in [2.45, 2.75) is 64.1 Å². The van der Waals surface area contributed by atoms with E-state index in [1.165, 1.54) is 6.42 Å². The second-order valence-electron chi connectivity index (χ2n) is 5.36. The highest BCUT2D eigenvalue weighted by atomic mass is 16.5. The van der Waals surface area contributed by atoms with E-state index >= 15 is 0 Å². The maximum atomic E-state index is 12.1. The molecule has 0 bridgehead atoms. The van der Waals surface area contributed by atoms with Gasteiger partial charge >= 0.3 is 6.03 Å². The van der Waals surface area contributed by atoms with E-state index in [-0.39, 0.29) is 12.1 Å². The molecule has 3 atom stereocenters. The number of nitrogens with zero attached hydrogens (tertiary/aromatic N) is 1. The zero-order chi connectivity index (χ0) is 12.3. The van der Waals surface area contributed by atoms with Crippen LogP contribution in [-0.2, 0) is 4.74 Å². The lowest BCUT2D eigenvalue weighted by molar-refractivity contribution is 0.0977. The molecule has 4 heteroatoms. The number of nitrogens with one attached hydrogen (secondary N) is 1. The van der Waals surface area contributed by atoms with Crippen molar-refractivity contribution in [3.8, 4) is 0 Å². The fourth-order valence-corrected chi connectivity index (χ4v) is 2.92. The van der Waals surface area contributed by atoms with Gasteiger partial charge in [-0.25, -0.2) is 4.79 Å². The number of amides is 2. The minimum atomic E-state index is 0.0835. The Morgan fingerprint density at radius 2 is 1.94 bits per heavy atom. The lowest BCUT2D eigenvalue weighted by Gasteiger charge is -2.39. The molecule has 0 saturated carbocycles. The molecule has 0 aromatic rings. The van der Waals surface area contributed by atoms with E-state index in [0.717, 1.165) is 32.3 Å². The number of carbonyl (C=O) groups is 1. The van der Waals surface area contributed by atoms with Crippen molar-refractivity contribution in [3.05, 3.63) is 0 Å². The number of urea groups is 1. The van der Waals surface area contributed by atoms with Crippen molar-refractivity contribution in [2.75, 3.05) is 13.2 Å². The van der Waals surface area contributed by atoms with Crippen molar-refractivity contribution in [1.82, 2.24) is 10.2 Å². The Morgan fingerprint density at radius 1 is 1.24 bits per heavy atom. The standard InChI is InChI=1S/C13H24N2O2/c1-10-5-3-6-11(2)15(10)13(16)14-9-12-7-4-8-17-12/h10-12H,3-9H2,1-2H3,(H,14,16). The fourth-order valence-electron chi connectivity index (χ4n) is 2.92. The first-order valence-electron chi connectivity index (χ1n) is 6.86. The number of ether oxygens (including phenoxy) is 1. The average Bonchev–Trinajstić information content (AvgIpc) is 2.79. The van der Waals surface area contributed by atoms with Crippen LogP contribution >= 0.6 is 0 Å². The number of hydrogen-bond donors (Lipinski definition) is 1. The van der Waals surface area contributed by atoms with Crippen LogP contribution in [0.4, 0.5) is 4.79 Å². The first-order valence-corrected chi connectivity index (χ1v) is 6.86. The molecule has 1 N–H and O–H groups in total. The van der Waals surface area contributed by atoms with Crippen LogP contribution in [0.2, 0.25) is 0 Å². The Bertz CT molecular complexity index is 254. The van der Waals surface area contributed by atoms with Gasteiger partial charge in [-0.2, -0.15) is 0 Å². The van der Waals surface area contributed by atoms with Gasteiger partial charge < -0.3 is 15.0 Å². The van der Waals surface area contributed by atoms with Crippen LogP contribution in [-0.4, -0.2) is 42.3 Å².